The van der Waals surface area contributed by atoms with Gasteiger partial charge in [0.15, 0.2) is 0 Å². The molecule has 2 N–H and O–H groups in total. The molecule has 0 aromatic heterocycles. The van der Waals surface area contributed by atoms with Crippen LogP contribution in [0.4, 0.5) is 4.39 Å². The third-order valence-corrected chi connectivity index (χ3v) is 3.73. The number of benzene rings is 1. The third kappa shape index (κ3) is 2.87. The summed E-state index contributed by atoms with van der Waals surface area (Å²) in [6, 6.07) is 3.53. The van der Waals surface area contributed by atoms with E-state index in [4.69, 9.17) is 16.7 Å². The summed E-state index contributed by atoms with van der Waals surface area (Å²) in [6.45, 7) is 0. The average Bonchev–Trinajstić information content (AvgIpc) is 2.80. The molecular formula is C13H13ClFNO3. The Morgan fingerprint density at radius 3 is 2.79 bits per heavy atom. The molecule has 0 heterocycles. The van der Waals surface area contributed by atoms with Crippen molar-refractivity contribution >= 4 is 23.5 Å². The molecule has 1 aromatic carbocycles. The maximum Gasteiger partial charge on any atom is 0.308 e. The molecule has 1 amide bonds. The second-order valence-electron chi connectivity index (χ2n) is 4.56. The van der Waals surface area contributed by atoms with Crippen LogP contribution >= 0.6 is 11.6 Å². The highest BCUT2D eigenvalue weighted by Gasteiger charge is 2.34. The SMILES string of the molecule is O=C(N[C@H]1CCC[C@H]1C(=O)O)c1cccc(F)c1Cl. The van der Waals surface area contributed by atoms with Crippen LogP contribution in [-0.2, 0) is 4.79 Å². The van der Waals surface area contributed by atoms with Gasteiger partial charge in [-0.2, -0.15) is 0 Å². The molecule has 1 saturated carbocycles. The van der Waals surface area contributed by atoms with Crippen LogP contribution in [0.3, 0.4) is 0 Å². The van der Waals surface area contributed by atoms with E-state index in [2.05, 4.69) is 5.32 Å². The van der Waals surface area contributed by atoms with Crippen molar-refractivity contribution in [2.24, 2.45) is 5.92 Å². The van der Waals surface area contributed by atoms with Crippen molar-refractivity contribution in [1.29, 1.82) is 0 Å². The zero-order valence-corrected chi connectivity index (χ0v) is 10.8. The molecule has 19 heavy (non-hydrogen) atoms. The van der Waals surface area contributed by atoms with E-state index in [0.717, 1.165) is 12.5 Å². The van der Waals surface area contributed by atoms with Crippen molar-refractivity contribution in [3.63, 3.8) is 0 Å². The maximum absolute atomic E-state index is 13.3. The number of amides is 1. The summed E-state index contributed by atoms with van der Waals surface area (Å²) in [4.78, 5) is 23.0. The summed E-state index contributed by atoms with van der Waals surface area (Å²) < 4.78 is 13.3. The van der Waals surface area contributed by atoms with Gasteiger partial charge in [0.1, 0.15) is 5.82 Å². The monoisotopic (exact) mass is 285 g/mol. The quantitative estimate of drug-likeness (QED) is 0.896. The highest BCUT2D eigenvalue weighted by Crippen LogP contribution is 2.27. The Morgan fingerprint density at radius 2 is 2.11 bits per heavy atom. The molecule has 0 aliphatic heterocycles. The summed E-state index contributed by atoms with van der Waals surface area (Å²) in [5.41, 5.74) is 0.0257. The van der Waals surface area contributed by atoms with Gasteiger partial charge in [-0.05, 0) is 25.0 Å². The number of hydrogen-bond acceptors (Lipinski definition) is 2. The first-order valence-electron chi connectivity index (χ1n) is 5.98. The fraction of sp³-hybridized carbons (Fsp3) is 0.385. The van der Waals surface area contributed by atoms with E-state index in [0.29, 0.717) is 12.8 Å². The number of carbonyl (C=O) groups is 2. The first-order valence-corrected chi connectivity index (χ1v) is 6.36. The van der Waals surface area contributed by atoms with Crippen molar-refractivity contribution in [1.82, 2.24) is 5.32 Å². The molecule has 2 atom stereocenters. The Labute approximate surface area is 114 Å². The number of halogens is 2. The Kier molecular flexibility index (Phi) is 4.04. The lowest BCUT2D eigenvalue weighted by molar-refractivity contribution is -0.142. The second kappa shape index (κ2) is 5.57. The maximum atomic E-state index is 13.3. The van der Waals surface area contributed by atoms with Crippen molar-refractivity contribution < 1.29 is 19.1 Å². The van der Waals surface area contributed by atoms with Crippen LogP contribution in [0.1, 0.15) is 29.6 Å². The van der Waals surface area contributed by atoms with Gasteiger partial charge in [-0.25, -0.2) is 4.39 Å². The van der Waals surface area contributed by atoms with Gasteiger partial charge in [-0.1, -0.05) is 24.1 Å². The topological polar surface area (TPSA) is 66.4 Å². The highest BCUT2D eigenvalue weighted by atomic mass is 35.5. The Hall–Kier alpha value is -1.62. The highest BCUT2D eigenvalue weighted by molar-refractivity contribution is 6.34. The van der Waals surface area contributed by atoms with Crippen LogP contribution in [0.2, 0.25) is 5.02 Å². The van der Waals surface area contributed by atoms with Gasteiger partial charge in [0, 0.05) is 6.04 Å². The Bertz CT molecular complexity index is 521. The van der Waals surface area contributed by atoms with Crippen molar-refractivity contribution in [3.05, 3.63) is 34.6 Å². The van der Waals surface area contributed by atoms with Gasteiger partial charge in [-0.3, -0.25) is 9.59 Å². The van der Waals surface area contributed by atoms with Crippen molar-refractivity contribution in [2.45, 2.75) is 25.3 Å². The summed E-state index contributed by atoms with van der Waals surface area (Å²) in [5, 5.41) is 11.4. The molecule has 6 heteroatoms. The van der Waals surface area contributed by atoms with E-state index < -0.39 is 29.7 Å². The van der Waals surface area contributed by atoms with Crippen LogP contribution in [0.15, 0.2) is 18.2 Å². The smallest absolute Gasteiger partial charge is 0.308 e. The summed E-state index contributed by atoms with van der Waals surface area (Å²) >= 11 is 5.72. The molecule has 0 bridgehead atoms. The molecule has 102 valence electrons. The lowest BCUT2D eigenvalue weighted by Gasteiger charge is -2.18. The van der Waals surface area contributed by atoms with Crippen molar-refractivity contribution in [3.8, 4) is 0 Å². The summed E-state index contributed by atoms with van der Waals surface area (Å²) in [6.07, 6.45) is 1.89. The minimum atomic E-state index is -0.923. The molecule has 1 aliphatic carbocycles. The fourth-order valence-electron chi connectivity index (χ4n) is 2.35. The number of carboxylic acid groups (broad SMARTS) is 1. The van der Waals surface area contributed by atoms with Gasteiger partial charge in [-0.15, -0.1) is 0 Å². The van der Waals surface area contributed by atoms with Gasteiger partial charge >= 0.3 is 5.97 Å². The minimum absolute atomic E-state index is 0.0257. The van der Waals surface area contributed by atoms with E-state index in [1.807, 2.05) is 0 Å². The Morgan fingerprint density at radius 1 is 1.37 bits per heavy atom. The van der Waals surface area contributed by atoms with Crippen molar-refractivity contribution in [2.75, 3.05) is 0 Å². The minimum Gasteiger partial charge on any atom is -0.481 e. The molecule has 0 radical (unpaired) electrons. The molecule has 0 spiro atoms. The number of carboxylic acids is 1. The standard InChI is InChI=1S/C13H13ClFNO3/c14-11-8(4-1-5-9(11)15)12(17)16-10-6-2-3-7(10)13(18)19/h1,4-5,7,10H,2-3,6H2,(H,16,17)(H,18,19)/t7-,10+/m1/s1. The molecule has 2 rings (SSSR count). The predicted molar refractivity (Wildman–Crippen MR) is 67.6 cm³/mol. The molecule has 1 aliphatic rings. The molecule has 1 fully saturated rings. The molecule has 0 saturated heterocycles. The zero-order chi connectivity index (χ0) is 14.0. The van der Waals surface area contributed by atoms with E-state index in [1.54, 1.807) is 0 Å². The first-order chi connectivity index (χ1) is 9.00. The fourth-order valence-corrected chi connectivity index (χ4v) is 2.57. The molecule has 0 unspecified atom stereocenters. The van der Waals surface area contributed by atoms with E-state index in [1.165, 1.54) is 12.1 Å². The van der Waals surface area contributed by atoms with Crippen LogP contribution in [0, 0.1) is 11.7 Å². The number of hydrogen-bond donors (Lipinski definition) is 2. The van der Waals surface area contributed by atoms with Gasteiger partial charge < -0.3 is 10.4 Å². The van der Waals surface area contributed by atoms with Crippen LogP contribution < -0.4 is 5.32 Å². The van der Waals surface area contributed by atoms with Gasteiger partial charge in [0.25, 0.3) is 5.91 Å². The molecular weight excluding hydrogens is 273 g/mol. The molecule has 1 aromatic rings. The summed E-state index contributed by atoms with van der Waals surface area (Å²) in [7, 11) is 0. The van der Waals surface area contributed by atoms with E-state index in [-0.39, 0.29) is 10.6 Å². The van der Waals surface area contributed by atoms with E-state index in [9.17, 15) is 14.0 Å². The third-order valence-electron chi connectivity index (χ3n) is 3.35. The predicted octanol–water partition coefficient (Wildman–Crippen LogP) is 2.46. The number of rotatable bonds is 3. The second-order valence-corrected chi connectivity index (χ2v) is 4.93. The normalized spacial score (nSPS) is 22.2. The van der Waals surface area contributed by atoms with Crippen LogP contribution in [-0.4, -0.2) is 23.0 Å². The number of nitrogens with one attached hydrogen (secondary N) is 1. The molecule has 4 nitrogen and oxygen atoms in total. The number of aliphatic carboxylic acids is 1. The lowest BCUT2D eigenvalue weighted by atomic mass is 10.0. The average molecular weight is 286 g/mol. The van der Waals surface area contributed by atoms with Gasteiger partial charge in [0.2, 0.25) is 0 Å². The Balaban J connectivity index is 2.13. The summed E-state index contributed by atoms with van der Waals surface area (Å²) in [5.74, 6) is -2.72. The first kappa shape index (κ1) is 13.8. The zero-order valence-electron chi connectivity index (χ0n) is 10.0. The largest absolute Gasteiger partial charge is 0.481 e. The lowest BCUT2D eigenvalue weighted by Crippen LogP contribution is -2.40. The van der Waals surface area contributed by atoms with Gasteiger partial charge in [0.05, 0.1) is 16.5 Å². The van der Waals surface area contributed by atoms with Crippen LogP contribution in [0.25, 0.3) is 0 Å². The van der Waals surface area contributed by atoms with Crippen LogP contribution in [0.5, 0.6) is 0 Å². The number of carbonyl (C=O) groups excluding carboxylic acids is 1. The van der Waals surface area contributed by atoms with E-state index >= 15 is 0 Å².